The van der Waals surface area contributed by atoms with E-state index in [-0.39, 0.29) is 37.0 Å². The van der Waals surface area contributed by atoms with Crippen LogP contribution < -0.4 is 10.6 Å². The van der Waals surface area contributed by atoms with Gasteiger partial charge < -0.3 is 20.6 Å². The summed E-state index contributed by atoms with van der Waals surface area (Å²) >= 11 is 1.59. The predicted octanol–water partition coefficient (Wildman–Crippen LogP) is 3.51. The van der Waals surface area contributed by atoms with Crippen molar-refractivity contribution in [1.82, 2.24) is 20.5 Å². The van der Waals surface area contributed by atoms with E-state index >= 15 is 0 Å². The van der Waals surface area contributed by atoms with Crippen LogP contribution in [0.1, 0.15) is 64.1 Å². The fourth-order valence-electron chi connectivity index (χ4n) is 4.41. The molecule has 2 atom stereocenters. The molecule has 0 spiro atoms. The van der Waals surface area contributed by atoms with E-state index in [2.05, 4.69) is 15.6 Å². The van der Waals surface area contributed by atoms with Crippen LogP contribution in [0.25, 0.3) is 10.4 Å². The number of carboxylic acids is 1. The van der Waals surface area contributed by atoms with E-state index in [1.165, 1.54) is 0 Å². The Morgan fingerprint density at radius 1 is 1.16 bits per heavy atom. The largest absolute Gasteiger partial charge is 0.481 e. The molecule has 2 unspecified atom stereocenters. The zero-order chi connectivity index (χ0) is 27.2. The molecule has 2 heterocycles. The van der Waals surface area contributed by atoms with Gasteiger partial charge in [-0.1, -0.05) is 45.0 Å². The smallest absolute Gasteiger partial charge is 0.303 e. The van der Waals surface area contributed by atoms with Crippen LogP contribution in [0.2, 0.25) is 0 Å². The van der Waals surface area contributed by atoms with Gasteiger partial charge in [0.1, 0.15) is 12.1 Å². The lowest BCUT2D eigenvalue weighted by molar-refractivity contribution is -0.144. The highest BCUT2D eigenvalue weighted by Gasteiger charge is 2.41. The topological polar surface area (TPSA) is 129 Å². The zero-order valence-electron chi connectivity index (χ0n) is 21.9. The first-order valence-corrected chi connectivity index (χ1v) is 13.4. The SMILES string of the molecule is Cc1ncsc1-c1ccc(CNC(=O)C2CCCN2C(=O)C(NC(=O)CCCC(=O)O)C(C)(C)C)cc1. The molecule has 10 heteroatoms. The van der Waals surface area contributed by atoms with Crippen molar-refractivity contribution >= 4 is 35.0 Å². The quantitative estimate of drug-likeness (QED) is 0.433. The maximum absolute atomic E-state index is 13.5. The lowest BCUT2D eigenvalue weighted by Crippen LogP contribution is -2.57. The summed E-state index contributed by atoms with van der Waals surface area (Å²) in [5.41, 5.74) is 4.27. The number of thiazole rings is 1. The molecule has 0 radical (unpaired) electrons. The van der Waals surface area contributed by atoms with Gasteiger partial charge in [0.15, 0.2) is 0 Å². The highest BCUT2D eigenvalue weighted by molar-refractivity contribution is 7.13. The molecule has 37 heavy (non-hydrogen) atoms. The van der Waals surface area contributed by atoms with Crippen LogP contribution in [-0.4, -0.2) is 57.3 Å². The number of nitrogens with one attached hydrogen (secondary N) is 2. The van der Waals surface area contributed by atoms with Gasteiger partial charge in [-0.3, -0.25) is 19.2 Å². The van der Waals surface area contributed by atoms with Crippen LogP contribution >= 0.6 is 11.3 Å². The van der Waals surface area contributed by atoms with Crippen molar-refractivity contribution in [1.29, 1.82) is 0 Å². The minimum Gasteiger partial charge on any atom is -0.481 e. The number of aryl methyl sites for hydroxylation is 1. The van der Waals surface area contributed by atoms with Crippen LogP contribution in [0.4, 0.5) is 0 Å². The second-order valence-corrected chi connectivity index (χ2v) is 11.3. The first kappa shape index (κ1) is 28.3. The number of carbonyl (C=O) groups is 4. The molecular formula is C27H36N4O5S. The molecule has 1 aliphatic rings. The van der Waals surface area contributed by atoms with E-state index < -0.39 is 23.5 Å². The Bertz CT molecular complexity index is 1120. The number of rotatable bonds is 10. The third-order valence-corrected chi connectivity index (χ3v) is 7.46. The summed E-state index contributed by atoms with van der Waals surface area (Å²) < 4.78 is 0. The van der Waals surface area contributed by atoms with E-state index in [0.29, 0.717) is 25.9 Å². The van der Waals surface area contributed by atoms with Gasteiger partial charge in [0.05, 0.1) is 16.1 Å². The first-order valence-electron chi connectivity index (χ1n) is 12.6. The summed E-state index contributed by atoms with van der Waals surface area (Å²) in [6, 6.07) is 6.56. The van der Waals surface area contributed by atoms with Gasteiger partial charge in [0.25, 0.3) is 0 Å². The molecule has 9 nitrogen and oxygen atoms in total. The fraction of sp³-hybridized carbons (Fsp3) is 0.519. The van der Waals surface area contributed by atoms with Gasteiger partial charge in [-0.15, -0.1) is 11.3 Å². The standard InChI is InChI=1S/C27H36N4O5S/c1-17-23(37-16-29-17)19-12-10-18(11-13-19)15-28-25(35)20-7-6-14-31(20)26(36)24(27(2,3)4)30-21(32)8-5-9-22(33)34/h10-13,16,20,24H,5-9,14-15H2,1-4H3,(H,28,35)(H,30,32)(H,33,34). The van der Waals surface area contributed by atoms with Crippen molar-refractivity contribution in [3.63, 3.8) is 0 Å². The number of benzene rings is 1. The lowest BCUT2D eigenvalue weighted by atomic mass is 9.85. The molecule has 200 valence electrons. The molecule has 0 saturated carbocycles. The van der Waals surface area contributed by atoms with Crippen LogP contribution in [-0.2, 0) is 25.7 Å². The molecule has 3 N–H and O–H groups in total. The molecule has 1 saturated heterocycles. The average Bonchev–Trinajstić information content (AvgIpc) is 3.49. The molecular weight excluding hydrogens is 492 g/mol. The number of carboxylic acid groups (broad SMARTS) is 1. The number of hydrogen-bond acceptors (Lipinski definition) is 6. The molecule has 2 aromatic rings. The minimum absolute atomic E-state index is 0.0252. The van der Waals surface area contributed by atoms with Gasteiger partial charge in [-0.2, -0.15) is 0 Å². The Balaban J connectivity index is 1.60. The van der Waals surface area contributed by atoms with Crippen LogP contribution in [0, 0.1) is 12.3 Å². The Hall–Kier alpha value is -3.27. The summed E-state index contributed by atoms with van der Waals surface area (Å²) in [6.45, 7) is 8.34. The maximum atomic E-state index is 13.5. The third kappa shape index (κ3) is 7.61. The molecule has 3 amide bonds. The van der Waals surface area contributed by atoms with Gasteiger partial charge in [0.2, 0.25) is 17.7 Å². The van der Waals surface area contributed by atoms with Crippen molar-refractivity contribution in [2.24, 2.45) is 5.41 Å². The van der Waals surface area contributed by atoms with Crippen LogP contribution in [0.15, 0.2) is 29.8 Å². The van der Waals surface area contributed by atoms with E-state index in [9.17, 15) is 19.2 Å². The van der Waals surface area contributed by atoms with Crippen molar-refractivity contribution in [3.05, 3.63) is 41.0 Å². The number of hydrogen-bond donors (Lipinski definition) is 3. The van der Waals surface area contributed by atoms with Crippen molar-refractivity contribution in [2.75, 3.05) is 6.54 Å². The second kappa shape index (κ2) is 12.3. The highest BCUT2D eigenvalue weighted by Crippen LogP contribution is 2.28. The van der Waals surface area contributed by atoms with Crippen LogP contribution in [0.3, 0.4) is 0 Å². The Morgan fingerprint density at radius 2 is 1.86 bits per heavy atom. The van der Waals surface area contributed by atoms with Crippen LogP contribution in [0.5, 0.6) is 0 Å². The van der Waals surface area contributed by atoms with E-state index in [1.807, 2.05) is 57.5 Å². The number of likely N-dealkylation sites (tertiary alicyclic amines) is 1. The number of carbonyl (C=O) groups excluding carboxylic acids is 3. The Kier molecular flexibility index (Phi) is 9.42. The van der Waals surface area contributed by atoms with Gasteiger partial charge in [0, 0.05) is 25.9 Å². The average molecular weight is 529 g/mol. The summed E-state index contributed by atoms with van der Waals surface area (Å²) in [5, 5.41) is 14.5. The lowest BCUT2D eigenvalue weighted by Gasteiger charge is -2.35. The maximum Gasteiger partial charge on any atom is 0.303 e. The highest BCUT2D eigenvalue weighted by atomic mass is 32.1. The van der Waals surface area contributed by atoms with Gasteiger partial charge in [-0.25, -0.2) is 4.98 Å². The summed E-state index contributed by atoms with van der Waals surface area (Å²) in [6.07, 6.45) is 1.38. The summed E-state index contributed by atoms with van der Waals surface area (Å²) in [7, 11) is 0. The molecule has 0 bridgehead atoms. The molecule has 1 aromatic heterocycles. The Labute approximate surface area is 221 Å². The van der Waals surface area contributed by atoms with E-state index in [0.717, 1.165) is 21.7 Å². The van der Waals surface area contributed by atoms with Crippen molar-refractivity contribution < 1.29 is 24.3 Å². The predicted molar refractivity (Wildman–Crippen MR) is 142 cm³/mol. The van der Waals surface area contributed by atoms with Gasteiger partial charge >= 0.3 is 5.97 Å². The Morgan fingerprint density at radius 3 is 2.46 bits per heavy atom. The number of nitrogens with zero attached hydrogens (tertiary/aromatic N) is 2. The molecule has 3 rings (SSSR count). The molecule has 0 aliphatic carbocycles. The molecule has 1 aliphatic heterocycles. The van der Waals surface area contributed by atoms with E-state index in [1.54, 1.807) is 16.2 Å². The first-order chi connectivity index (χ1) is 17.5. The zero-order valence-corrected chi connectivity index (χ0v) is 22.7. The normalized spacial score (nSPS) is 16.3. The fourth-order valence-corrected chi connectivity index (χ4v) is 5.22. The monoisotopic (exact) mass is 528 g/mol. The third-order valence-electron chi connectivity index (χ3n) is 6.48. The summed E-state index contributed by atoms with van der Waals surface area (Å²) in [4.78, 5) is 56.7. The second-order valence-electron chi connectivity index (χ2n) is 10.5. The minimum atomic E-state index is -0.965. The van der Waals surface area contributed by atoms with Crippen molar-refractivity contribution in [2.45, 2.75) is 78.4 Å². The summed E-state index contributed by atoms with van der Waals surface area (Å²) in [5.74, 6) is -1.84. The van der Waals surface area contributed by atoms with E-state index in [4.69, 9.17) is 5.11 Å². The molecule has 1 fully saturated rings. The number of amides is 3. The molecule has 1 aromatic carbocycles. The van der Waals surface area contributed by atoms with Crippen molar-refractivity contribution in [3.8, 4) is 10.4 Å². The number of aromatic nitrogens is 1. The number of aliphatic carboxylic acids is 1. The van der Waals surface area contributed by atoms with Gasteiger partial charge in [-0.05, 0) is 42.7 Å².